The first kappa shape index (κ1) is 19.2. The fourth-order valence-electron chi connectivity index (χ4n) is 2.93. The highest BCUT2D eigenvalue weighted by molar-refractivity contribution is 7.17. The van der Waals surface area contributed by atoms with Gasteiger partial charge < -0.3 is 5.32 Å². The Morgan fingerprint density at radius 1 is 1.10 bits per heavy atom. The van der Waals surface area contributed by atoms with E-state index in [0.29, 0.717) is 17.2 Å². The van der Waals surface area contributed by atoms with Gasteiger partial charge in [-0.1, -0.05) is 18.2 Å². The van der Waals surface area contributed by atoms with Crippen LogP contribution >= 0.6 is 22.7 Å². The van der Waals surface area contributed by atoms with Crippen LogP contribution in [0, 0.1) is 6.92 Å². The van der Waals surface area contributed by atoms with Gasteiger partial charge in [-0.15, -0.1) is 22.7 Å². The van der Waals surface area contributed by atoms with E-state index in [1.165, 1.54) is 18.3 Å². The van der Waals surface area contributed by atoms with E-state index >= 15 is 0 Å². The zero-order valence-electron chi connectivity index (χ0n) is 15.9. The Morgan fingerprint density at radius 2 is 1.93 bits per heavy atom. The molecule has 8 heteroatoms. The maximum atomic E-state index is 12.9. The summed E-state index contributed by atoms with van der Waals surface area (Å²) in [5, 5.41) is 8.96. The predicted molar refractivity (Wildman–Crippen MR) is 117 cm³/mol. The third kappa shape index (κ3) is 4.33. The summed E-state index contributed by atoms with van der Waals surface area (Å²) in [6.45, 7) is 3.87. The number of anilines is 1. The van der Waals surface area contributed by atoms with Gasteiger partial charge in [-0.2, -0.15) is 0 Å². The second-order valence-corrected chi connectivity index (χ2v) is 8.52. The number of nitrogens with zero attached hydrogens (tertiary/aromatic N) is 2. The van der Waals surface area contributed by atoms with Crippen molar-refractivity contribution in [3.8, 4) is 10.6 Å². The van der Waals surface area contributed by atoms with Gasteiger partial charge in [-0.05, 0) is 31.2 Å². The van der Waals surface area contributed by atoms with Crippen LogP contribution in [0.3, 0.4) is 0 Å². The highest BCUT2D eigenvalue weighted by atomic mass is 32.1. The number of fused-ring (bicyclic) bond motifs is 1. The molecule has 0 aliphatic carbocycles. The molecule has 3 aromatic heterocycles. The highest BCUT2D eigenvalue weighted by Crippen LogP contribution is 2.31. The van der Waals surface area contributed by atoms with Gasteiger partial charge in [0.05, 0.1) is 28.2 Å². The Morgan fingerprint density at radius 3 is 2.76 bits per heavy atom. The summed E-state index contributed by atoms with van der Waals surface area (Å²) >= 11 is 2.95. The van der Waals surface area contributed by atoms with Gasteiger partial charge in [0.2, 0.25) is 5.91 Å². The molecule has 6 nitrogen and oxygen atoms in total. The molecule has 2 amide bonds. The number of nitrogens with one attached hydrogen (secondary N) is 2. The number of benzene rings is 1. The Balaban J connectivity index is 1.53. The van der Waals surface area contributed by atoms with E-state index in [1.54, 1.807) is 17.4 Å². The molecular weight excluding hydrogens is 404 g/mol. The van der Waals surface area contributed by atoms with Crippen LogP contribution in [-0.2, 0) is 11.3 Å². The van der Waals surface area contributed by atoms with Crippen molar-refractivity contribution >= 4 is 50.5 Å². The zero-order valence-corrected chi connectivity index (χ0v) is 17.5. The average Bonchev–Trinajstić information content (AvgIpc) is 3.35. The van der Waals surface area contributed by atoms with Gasteiger partial charge in [0, 0.05) is 28.3 Å². The van der Waals surface area contributed by atoms with E-state index in [-0.39, 0.29) is 11.8 Å². The molecular formula is C21H18N4O2S2. The molecule has 0 unspecified atom stereocenters. The maximum Gasteiger partial charge on any atom is 0.258 e. The lowest BCUT2D eigenvalue weighted by atomic mass is 10.1. The van der Waals surface area contributed by atoms with E-state index in [9.17, 15) is 9.59 Å². The summed E-state index contributed by atoms with van der Waals surface area (Å²) in [5.41, 5.74) is 2.97. The minimum atomic E-state index is -0.204. The van der Waals surface area contributed by atoms with E-state index in [0.717, 1.165) is 32.0 Å². The lowest BCUT2D eigenvalue weighted by Gasteiger charge is -2.07. The van der Waals surface area contributed by atoms with Gasteiger partial charge >= 0.3 is 0 Å². The molecule has 4 rings (SSSR count). The number of aromatic nitrogens is 2. The molecule has 3 heterocycles. The molecule has 0 saturated heterocycles. The molecule has 0 fully saturated rings. The number of carbonyl (C=O) groups is 2. The van der Waals surface area contributed by atoms with E-state index < -0.39 is 0 Å². The fourth-order valence-corrected chi connectivity index (χ4v) is 4.61. The molecule has 146 valence electrons. The molecule has 4 aromatic rings. The smallest absolute Gasteiger partial charge is 0.258 e. The molecule has 29 heavy (non-hydrogen) atoms. The number of thiophene rings is 1. The predicted octanol–water partition coefficient (Wildman–Crippen LogP) is 4.62. The topological polar surface area (TPSA) is 84.0 Å². The minimum Gasteiger partial charge on any atom is -0.351 e. The van der Waals surface area contributed by atoms with Crippen molar-refractivity contribution in [1.82, 2.24) is 15.3 Å². The van der Waals surface area contributed by atoms with Crippen LogP contribution in [0.5, 0.6) is 0 Å². The van der Waals surface area contributed by atoms with Crippen molar-refractivity contribution in [1.29, 1.82) is 0 Å². The van der Waals surface area contributed by atoms with Crippen LogP contribution in [0.15, 0.2) is 47.8 Å². The van der Waals surface area contributed by atoms with Crippen LogP contribution in [0.1, 0.15) is 27.9 Å². The largest absolute Gasteiger partial charge is 0.351 e. The normalized spacial score (nSPS) is 10.8. The maximum absolute atomic E-state index is 12.9. The number of aryl methyl sites for hydroxylation is 1. The van der Waals surface area contributed by atoms with Crippen molar-refractivity contribution in [3.63, 3.8) is 0 Å². The molecule has 0 aliphatic heterocycles. The van der Waals surface area contributed by atoms with Crippen molar-refractivity contribution in [2.45, 2.75) is 20.4 Å². The van der Waals surface area contributed by atoms with Crippen molar-refractivity contribution in [3.05, 3.63) is 64.0 Å². The highest BCUT2D eigenvalue weighted by Gasteiger charge is 2.15. The molecule has 0 aliphatic rings. The Hall–Kier alpha value is -3.10. The second kappa shape index (κ2) is 8.10. The van der Waals surface area contributed by atoms with Crippen molar-refractivity contribution in [2.24, 2.45) is 0 Å². The van der Waals surface area contributed by atoms with Gasteiger partial charge in [0.25, 0.3) is 5.91 Å². The average molecular weight is 423 g/mol. The van der Waals surface area contributed by atoms with Crippen LogP contribution in [0.25, 0.3) is 21.5 Å². The molecule has 2 N–H and O–H groups in total. The number of para-hydroxylation sites is 1. The Labute approximate surface area is 175 Å². The number of amides is 2. The van der Waals surface area contributed by atoms with Crippen LogP contribution in [0.4, 0.5) is 5.13 Å². The van der Waals surface area contributed by atoms with Gasteiger partial charge in [0.1, 0.15) is 0 Å². The third-order valence-corrected chi connectivity index (χ3v) is 6.10. The first-order valence-corrected chi connectivity index (χ1v) is 10.7. The molecule has 0 spiro atoms. The minimum absolute atomic E-state index is 0.0579. The molecule has 0 radical (unpaired) electrons. The lowest BCUT2D eigenvalue weighted by Crippen LogP contribution is -2.17. The quantitative estimate of drug-likeness (QED) is 0.492. The molecule has 0 bridgehead atoms. The number of thiazole rings is 1. The molecule has 0 saturated carbocycles. The number of rotatable bonds is 5. The first-order valence-electron chi connectivity index (χ1n) is 8.96. The molecule has 1 aromatic carbocycles. The fraction of sp³-hybridized carbons (Fsp3) is 0.143. The third-order valence-electron chi connectivity index (χ3n) is 4.24. The van der Waals surface area contributed by atoms with E-state index in [4.69, 9.17) is 0 Å². The summed E-state index contributed by atoms with van der Waals surface area (Å²) in [5.74, 6) is -0.261. The van der Waals surface area contributed by atoms with E-state index in [2.05, 4.69) is 20.6 Å². The number of hydrogen-bond donors (Lipinski definition) is 2. The SMILES string of the molecule is CC(=O)NCc1ccc(-c2csc(NC(=O)c3cc(C)nc4ccccc34)n2)s1. The summed E-state index contributed by atoms with van der Waals surface area (Å²) < 4.78 is 0. The summed E-state index contributed by atoms with van der Waals surface area (Å²) in [4.78, 5) is 35.0. The Bertz CT molecular complexity index is 1210. The Kier molecular flexibility index (Phi) is 5.37. The summed E-state index contributed by atoms with van der Waals surface area (Å²) in [7, 11) is 0. The van der Waals surface area contributed by atoms with Gasteiger partial charge in [-0.25, -0.2) is 4.98 Å². The zero-order chi connectivity index (χ0) is 20.4. The van der Waals surface area contributed by atoms with E-state index in [1.807, 2.05) is 48.7 Å². The van der Waals surface area contributed by atoms with Crippen LogP contribution < -0.4 is 10.6 Å². The molecule has 0 atom stereocenters. The number of pyridine rings is 1. The first-order chi connectivity index (χ1) is 14.0. The second-order valence-electron chi connectivity index (χ2n) is 6.50. The van der Waals surface area contributed by atoms with Crippen molar-refractivity contribution < 1.29 is 9.59 Å². The monoisotopic (exact) mass is 422 g/mol. The van der Waals surface area contributed by atoms with Gasteiger partial charge in [-0.3, -0.25) is 19.9 Å². The van der Waals surface area contributed by atoms with Crippen LogP contribution in [0.2, 0.25) is 0 Å². The summed E-state index contributed by atoms with van der Waals surface area (Å²) in [6.07, 6.45) is 0. The van der Waals surface area contributed by atoms with Gasteiger partial charge in [0.15, 0.2) is 5.13 Å². The standard InChI is InChI=1S/C21H18N4O2S2/c1-12-9-16(15-5-3-4-6-17(15)23-12)20(27)25-21-24-18(11-28-21)19-8-7-14(29-19)10-22-13(2)26/h3-9,11H,10H2,1-2H3,(H,22,26)(H,24,25,27). The van der Waals surface area contributed by atoms with Crippen LogP contribution in [-0.4, -0.2) is 21.8 Å². The van der Waals surface area contributed by atoms with Crippen molar-refractivity contribution in [2.75, 3.05) is 5.32 Å². The summed E-state index contributed by atoms with van der Waals surface area (Å²) in [6, 6.07) is 13.3. The lowest BCUT2D eigenvalue weighted by molar-refractivity contribution is -0.119. The number of hydrogen-bond acceptors (Lipinski definition) is 6. The number of carbonyl (C=O) groups excluding carboxylic acids is 2.